The van der Waals surface area contributed by atoms with Gasteiger partial charge in [-0.05, 0) is 40.9 Å². The third-order valence-corrected chi connectivity index (χ3v) is 5.70. The van der Waals surface area contributed by atoms with E-state index in [2.05, 4.69) is 14.9 Å². The zero-order valence-corrected chi connectivity index (χ0v) is 16.6. The van der Waals surface area contributed by atoms with Crippen molar-refractivity contribution < 1.29 is 22.3 Å². The number of hydrogen-bond donors (Lipinski definition) is 0. The molecule has 0 bridgehead atoms. The van der Waals surface area contributed by atoms with Crippen molar-refractivity contribution in [1.29, 1.82) is 0 Å². The highest BCUT2D eigenvalue weighted by Crippen LogP contribution is 2.32. The lowest BCUT2D eigenvalue weighted by atomic mass is 10.0. The van der Waals surface area contributed by atoms with Crippen LogP contribution in [0.25, 0.3) is 38.4 Å². The molecule has 0 N–H and O–H groups in total. The summed E-state index contributed by atoms with van der Waals surface area (Å²) in [6, 6.07) is 15.9. The molecule has 3 aromatic carbocycles. The summed E-state index contributed by atoms with van der Waals surface area (Å²) in [4.78, 5) is 0. The Hall–Kier alpha value is -4.07. The van der Waals surface area contributed by atoms with E-state index in [1.54, 1.807) is 12.4 Å². The molecule has 0 atom stereocenters. The molecule has 0 saturated carbocycles. The molecule has 5 nitrogen and oxygen atoms in total. The van der Waals surface area contributed by atoms with Crippen molar-refractivity contribution in [2.75, 3.05) is 0 Å². The standard InChI is InChI=1S/C24H14F3N3O2/c1-30-19-9-13(14-11-28-29-12-14)5-7-16(19)17-3-2-4-21-22(17)23(30)18-10-15(32-24(25,26)27)6-8-20(18)31-21/h2-12H,1H3. The maximum atomic E-state index is 12.8. The average molecular weight is 433 g/mol. The summed E-state index contributed by atoms with van der Waals surface area (Å²) in [6.45, 7) is 0. The van der Waals surface area contributed by atoms with Crippen molar-refractivity contribution in [2.45, 2.75) is 6.36 Å². The summed E-state index contributed by atoms with van der Waals surface area (Å²) < 4.78 is 50.7. The summed E-state index contributed by atoms with van der Waals surface area (Å²) in [5, 5.41) is 12.8. The minimum Gasteiger partial charge on any atom is -0.456 e. The van der Waals surface area contributed by atoms with Gasteiger partial charge in [0.15, 0.2) is 0 Å². The smallest absolute Gasteiger partial charge is 0.456 e. The zero-order chi connectivity index (χ0) is 22.0. The van der Waals surface area contributed by atoms with Crippen molar-refractivity contribution in [1.82, 2.24) is 4.57 Å². The first-order chi connectivity index (χ1) is 15.4. The van der Waals surface area contributed by atoms with E-state index in [1.165, 1.54) is 18.2 Å². The Morgan fingerprint density at radius 3 is 2.47 bits per heavy atom. The molecule has 3 aliphatic heterocycles. The number of nitrogens with zero attached hydrogens (tertiary/aromatic N) is 3. The van der Waals surface area contributed by atoms with Crippen LogP contribution in [0.3, 0.4) is 0 Å². The number of fused-ring (bicyclic) bond motifs is 4. The number of hydrogen-bond acceptors (Lipinski definition) is 4. The topological polar surface area (TPSA) is 52.0 Å². The monoisotopic (exact) mass is 433 g/mol. The van der Waals surface area contributed by atoms with Crippen molar-refractivity contribution in [3.63, 3.8) is 0 Å². The first kappa shape index (κ1) is 18.7. The number of halogens is 3. The molecule has 3 aromatic rings. The Balaban J connectivity index is 1.82. The normalized spacial score (nSPS) is 13.9. The zero-order valence-electron chi connectivity index (χ0n) is 16.6. The lowest BCUT2D eigenvalue weighted by molar-refractivity contribution is -0.274. The molecule has 0 aliphatic carbocycles. The van der Waals surface area contributed by atoms with Crippen LogP contribution in [0.1, 0.15) is 0 Å². The number of rotatable bonds is 1. The van der Waals surface area contributed by atoms with Crippen LogP contribution in [-0.4, -0.2) is 23.4 Å². The molecule has 32 heavy (non-hydrogen) atoms. The maximum Gasteiger partial charge on any atom is 0.573 e. The van der Waals surface area contributed by atoms with Crippen LogP contribution in [0.4, 0.5) is 13.2 Å². The van der Waals surface area contributed by atoms with E-state index in [1.807, 2.05) is 48.0 Å². The summed E-state index contributed by atoms with van der Waals surface area (Å²) in [6.07, 6.45) is -1.40. The third kappa shape index (κ3) is 2.80. The minimum atomic E-state index is -4.78. The van der Waals surface area contributed by atoms with Gasteiger partial charge in [-0.3, -0.25) is 0 Å². The van der Waals surface area contributed by atoms with Gasteiger partial charge in [0.05, 0.1) is 17.8 Å². The van der Waals surface area contributed by atoms with Gasteiger partial charge in [0, 0.05) is 34.1 Å². The fourth-order valence-electron chi connectivity index (χ4n) is 4.38. The summed E-state index contributed by atoms with van der Waals surface area (Å²) in [7, 11) is 1.89. The highest BCUT2D eigenvalue weighted by Gasteiger charge is 2.31. The third-order valence-electron chi connectivity index (χ3n) is 5.70. The lowest BCUT2D eigenvalue weighted by Gasteiger charge is -2.16. The van der Waals surface area contributed by atoms with Gasteiger partial charge in [-0.25, -0.2) is 0 Å². The van der Waals surface area contributed by atoms with Gasteiger partial charge in [0.1, 0.15) is 16.9 Å². The number of aromatic nitrogens is 1. The van der Waals surface area contributed by atoms with E-state index < -0.39 is 6.36 Å². The fourth-order valence-corrected chi connectivity index (χ4v) is 4.38. The van der Waals surface area contributed by atoms with E-state index >= 15 is 0 Å². The Morgan fingerprint density at radius 2 is 1.69 bits per heavy atom. The predicted molar refractivity (Wildman–Crippen MR) is 117 cm³/mol. The fraction of sp³-hybridized carbons (Fsp3) is 0.0833. The van der Waals surface area contributed by atoms with Gasteiger partial charge in [-0.2, -0.15) is 10.2 Å². The van der Waals surface area contributed by atoms with Gasteiger partial charge >= 0.3 is 6.36 Å². The van der Waals surface area contributed by atoms with Crippen molar-refractivity contribution in [3.8, 4) is 5.75 Å². The summed E-state index contributed by atoms with van der Waals surface area (Å²) >= 11 is 0. The van der Waals surface area contributed by atoms with E-state index in [4.69, 9.17) is 4.42 Å². The molecule has 0 saturated heterocycles. The number of alkyl halides is 3. The SMILES string of the molecule is Cn1c2c3cc(OC(F)(F)F)ccc3oc3cccc(c3=2)c2ccc(=C3C=NN=C3)cc21. The molecule has 6 rings (SSSR count). The van der Waals surface area contributed by atoms with Crippen molar-refractivity contribution >= 4 is 50.8 Å². The van der Waals surface area contributed by atoms with Crippen LogP contribution in [0, 0.1) is 10.6 Å². The highest BCUT2D eigenvalue weighted by molar-refractivity contribution is 6.30. The van der Waals surface area contributed by atoms with Gasteiger partial charge in [0.2, 0.25) is 0 Å². The molecular weight excluding hydrogens is 419 g/mol. The first-order valence-electron chi connectivity index (χ1n) is 9.79. The van der Waals surface area contributed by atoms with E-state index in [0.717, 1.165) is 37.6 Å². The first-order valence-corrected chi connectivity index (χ1v) is 9.79. The second-order valence-electron chi connectivity index (χ2n) is 7.57. The second-order valence-corrected chi connectivity index (χ2v) is 7.57. The van der Waals surface area contributed by atoms with Crippen LogP contribution in [0.2, 0.25) is 0 Å². The lowest BCUT2D eigenvalue weighted by Crippen LogP contribution is -2.17. The van der Waals surface area contributed by atoms with Crippen LogP contribution in [-0.2, 0) is 7.05 Å². The molecule has 3 aliphatic rings. The molecule has 0 radical (unpaired) electrons. The second kappa shape index (κ2) is 6.46. The summed E-state index contributed by atoms with van der Waals surface area (Å²) in [5.74, 6) is -0.296. The van der Waals surface area contributed by atoms with Gasteiger partial charge < -0.3 is 13.7 Å². The Labute approximate surface area is 178 Å². The Morgan fingerprint density at radius 1 is 0.875 bits per heavy atom. The molecule has 0 aromatic heterocycles. The summed E-state index contributed by atoms with van der Waals surface area (Å²) in [5.41, 5.74) is 2.92. The molecule has 158 valence electrons. The van der Waals surface area contributed by atoms with Crippen molar-refractivity contribution in [2.24, 2.45) is 17.3 Å². The van der Waals surface area contributed by atoms with Crippen LogP contribution in [0.15, 0.2) is 69.2 Å². The Kier molecular flexibility index (Phi) is 3.77. The van der Waals surface area contributed by atoms with Gasteiger partial charge in [-0.1, -0.05) is 24.3 Å². The molecule has 0 unspecified atom stereocenters. The number of ether oxygens (including phenoxy) is 1. The quantitative estimate of drug-likeness (QED) is 0.365. The van der Waals surface area contributed by atoms with Gasteiger partial charge in [-0.15, -0.1) is 13.2 Å². The average Bonchev–Trinajstić information content (AvgIpc) is 3.30. The maximum absolute atomic E-state index is 12.8. The van der Waals surface area contributed by atoms with Crippen LogP contribution >= 0.6 is 0 Å². The van der Waals surface area contributed by atoms with Gasteiger partial charge in [0.25, 0.3) is 0 Å². The number of benzene rings is 3. The molecule has 3 heterocycles. The molecular formula is C24H14F3N3O2. The highest BCUT2D eigenvalue weighted by atomic mass is 19.4. The van der Waals surface area contributed by atoms with Crippen LogP contribution in [0.5, 0.6) is 5.75 Å². The van der Waals surface area contributed by atoms with E-state index in [0.29, 0.717) is 16.6 Å². The van der Waals surface area contributed by atoms with E-state index in [-0.39, 0.29) is 5.75 Å². The largest absolute Gasteiger partial charge is 0.573 e. The van der Waals surface area contributed by atoms with Crippen molar-refractivity contribution in [3.05, 3.63) is 70.4 Å². The van der Waals surface area contributed by atoms with Crippen LogP contribution < -0.4 is 9.96 Å². The van der Waals surface area contributed by atoms with E-state index in [9.17, 15) is 13.2 Å². The molecule has 0 fully saturated rings. The minimum absolute atomic E-state index is 0.296. The molecule has 0 spiro atoms. The number of aryl methyl sites for hydroxylation is 1. The molecule has 8 heteroatoms. The molecule has 0 amide bonds. The Bertz CT molecular complexity index is 1740. The predicted octanol–water partition coefficient (Wildman–Crippen LogP) is 5.20.